The van der Waals surface area contributed by atoms with Crippen molar-refractivity contribution in [1.29, 1.82) is 0 Å². The first-order chi connectivity index (χ1) is 13.9. The summed E-state index contributed by atoms with van der Waals surface area (Å²) < 4.78 is 8.34. The van der Waals surface area contributed by atoms with Gasteiger partial charge in [-0.1, -0.05) is 6.07 Å². The van der Waals surface area contributed by atoms with E-state index in [4.69, 9.17) is 4.74 Å². The lowest BCUT2D eigenvalue weighted by Gasteiger charge is -2.14. The molecule has 150 valence electrons. The van der Waals surface area contributed by atoms with Crippen LogP contribution < -0.4 is 20.6 Å². The zero-order valence-corrected chi connectivity index (χ0v) is 16.6. The summed E-state index contributed by atoms with van der Waals surface area (Å²) in [6, 6.07) is 12.2. The summed E-state index contributed by atoms with van der Waals surface area (Å²) in [5, 5.41) is 1.88. The van der Waals surface area contributed by atoms with Crippen LogP contribution in [-0.4, -0.2) is 34.1 Å². The number of carbonyl (C=O) groups excluding carboxylic acids is 2. The fraction of sp³-hybridized carbons (Fsp3) is 0.286. The maximum Gasteiger partial charge on any atom is 0.328 e. The number of nitrogens with two attached hydrogens (primary N) is 1. The molecule has 0 bridgehead atoms. The number of aromatic nitrogens is 2. The van der Waals surface area contributed by atoms with Gasteiger partial charge in [0.2, 0.25) is 5.91 Å². The quantitative estimate of drug-likeness (QED) is 0.629. The van der Waals surface area contributed by atoms with E-state index in [1.165, 1.54) is 4.90 Å². The average Bonchev–Trinajstić information content (AvgIpc) is 3.14. The van der Waals surface area contributed by atoms with Gasteiger partial charge in [-0.15, -0.1) is 0 Å². The number of aryl methyl sites for hydroxylation is 2. The van der Waals surface area contributed by atoms with Gasteiger partial charge in [-0.3, -0.25) is 18.7 Å². The lowest BCUT2D eigenvalue weighted by molar-refractivity contribution is -0.690. The summed E-state index contributed by atoms with van der Waals surface area (Å²) in [7, 11) is 5.05. The maximum atomic E-state index is 12.8. The van der Waals surface area contributed by atoms with Crippen LogP contribution >= 0.6 is 0 Å². The lowest BCUT2D eigenvalue weighted by atomic mass is 10.1. The number of nitrogens with zero attached hydrogens (tertiary/aromatic N) is 3. The summed E-state index contributed by atoms with van der Waals surface area (Å²) in [4.78, 5) is 38.6. The molecule has 29 heavy (non-hydrogen) atoms. The average molecular weight is 395 g/mol. The molecule has 0 spiro atoms. The first kappa shape index (κ1) is 18.9. The summed E-state index contributed by atoms with van der Waals surface area (Å²) in [6.07, 6.45) is 0.164. The molecule has 1 aliphatic heterocycles. The van der Waals surface area contributed by atoms with Crippen LogP contribution in [0.5, 0.6) is 5.75 Å². The molecule has 0 aliphatic carbocycles. The van der Waals surface area contributed by atoms with Crippen molar-refractivity contribution in [3.63, 3.8) is 0 Å². The Kier molecular flexibility index (Phi) is 4.71. The van der Waals surface area contributed by atoms with Crippen LogP contribution in [0.1, 0.15) is 12.0 Å². The summed E-state index contributed by atoms with van der Waals surface area (Å²) in [5.41, 5.74) is 3.17. The Balaban J connectivity index is 1.49. The van der Waals surface area contributed by atoms with Crippen LogP contribution in [-0.2, 0) is 30.2 Å². The van der Waals surface area contributed by atoms with Gasteiger partial charge in [-0.05, 0) is 36.4 Å². The van der Waals surface area contributed by atoms with E-state index in [1.54, 1.807) is 54.6 Å². The van der Waals surface area contributed by atoms with Gasteiger partial charge in [-0.25, -0.2) is 9.69 Å². The van der Waals surface area contributed by atoms with Gasteiger partial charge in [0.15, 0.2) is 6.04 Å². The predicted molar refractivity (Wildman–Crippen MR) is 108 cm³/mol. The molecule has 1 fully saturated rings. The minimum atomic E-state index is -0.458. The van der Waals surface area contributed by atoms with Gasteiger partial charge in [-0.2, -0.15) is 0 Å². The van der Waals surface area contributed by atoms with E-state index in [-0.39, 0.29) is 23.9 Å². The van der Waals surface area contributed by atoms with Gasteiger partial charge in [0.05, 0.1) is 30.3 Å². The Morgan fingerprint density at radius 1 is 1.00 bits per heavy atom. The highest BCUT2D eigenvalue weighted by Crippen LogP contribution is 2.24. The third-order valence-electron chi connectivity index (χ3n) is 5.49. The maximum absolute atomic E-state index is 12.8. The third kappa shape index (κ3) is 3.21. The fourth-order valence-electron chi connectivity index (χ4n) is 3.80. The Morgan fingerprint density at radius 2 is 1.69 bits per heavy atom. The number of carbonyl (C=O) groups is 2. The number of rotatable bonds is 5. The number of imidazole rings is 1. The molecule has 2 N–H and O–H groups in total. The van der Waals surface area contributed by atoms with Crippen molar-refractivity contribution >= 4 is 28.5 Å². The summed E-state index contributed by atoms with van der Waals surface area (Å²) in [6.45, 7) is 0.541. The van der Waals surface area contributed by atoms with Crippen LogP contribution in [0, 0.1) is 0 Å². The van der Waals surface area contributed by atoms with Gasteiger partial charge in [0.1, 0.15) is 12.3 Å². The number of amides is 2. The molecule has 0 radical (unpaired) electrons. The molecule has 8 heteroatoms. The van der Waals surface area contributed by atoms with E-state index in [0.717, 1.165) is 16.6 Å². The standard InChI is InChI=1S/C21H22N4O4/c1-23-17-9-4-13(10-18(17)24(2)21(23)28)12-22-16-11-19(26)25(20(16)27)14-5-7-15(29-3)8-6-14/h4-10,16,22H,11-12H2,1-3H3/p+1/t16-/m1/s1. The van der Waals surface area contributed by atoms with Crippen LogP contribution in [0.3, 0.4) is 0 Å². The number of fused-ring (bicyclic) bond motifs is 1. The number of quaternary nitrogens is 1. The highest BCUT2D eigenvalue weighted by Gasteiger charge is 2.42. The number of hydrogen-bond acceptors (Lipinski definition) is 4. The molecule has 0 unspecified atom stereocenters. The molecular formula is C21H23N4O4+. The van der Waals surface area contributed by atoms with Gasteiger partial charge in [0.25, 0.3) is 5.91 Å². The Morgan fingerprint density at radius 3 is 2.38 bits per heavy atom. The summed E-state index contributed by atoms with van der Waals surface area (Å²) >= 11 is 0. The second-order valence-electron chi connectivity index (χ2n) is 7.24. The SMILES string of the molecule is COc1ccc(N2C(=O)C[C@@H]([NH2+]Cc3ccc4c(c3)n(C)c(=O)n4C)C2=O)cc1. The fourth-order valence-corrected chi connectivity index (χ4v) is 3.80. The number of methoxy groups -OCH3 is 1. The largest absolute Gasteiger partial charge is 0.497 e. The first-order valence-corrected chi connectivity index (χ1v) is 9.39. The molecule has 2 amide bonds. The van der Waals surface area contributed by atoms with E-state index in [1.807, 2.05) is 23.5 Å². The van der Waals surface area contributed by atoms with Crippen molar-refractivity contribution in [3.8, 4) is 5.75 Å². The molecule has 2 heterocycles. The number of hydrogen-bond donors (Lipinski definition) is 1. The minimum Gasteiger partial charge on any atom is -0.497 e. The number of ether oxygens (including phenoxy) is 1. The van der Waals surface area contributed by atoms with Crippen LogP contribution in [0.2, 0.25) is 0 Å². The molecule has 8 nitrogen and oxygen atoms in total. The molecule has 4 rings (SSSR count). The Labute approximate surface area is 167 Å². The van der Waals surface area contributed by atoms with Crippen molar-refractivity contribution in [3.05, 3.63) is 58.5 Å². The smallest absolute Gasteiger partial charge is 0.328 e. The Bertz CT molecular complexity index is 1160. The van der Waals surface area contributed by atoms with E-state index in [2.05, 4.69) is 0 Å². The number of anilines is 1. The van der Waals surface area contributed by atoms with Crippen molar-refractivity contribution in [2.45, 2.75) is 19.0 Å². The van der Waals surface area contributed by atoms with Crippen LogP contribution in [0.25, 0.3) is 11.0 Å². The molecule has 1 aliphatic rings. The second-order valence-corrected chi connectivity index (χ2v) is 7.24. The monoisotopic (exact) mass is 395 g/mol. The molecule has 0 saturated carbocycles. The second kappa shape index (κ2) is 7.21. The van der Waals surface area contributed by atoms with Gasteiger partial charge in [0, 0.05) is 19.7 Å². The van der Waals surface area contributed by atoms with Crippen molar-refractivity contribution in [1.82, 2.24) is 9.13 Å². The van der Waals surface area contributed by atoms with Crippen LogP contribution in [0.15, 0.2) is 47.3 Å². The normalized spacial score (nSPS) is 16.8. The van der Waals surface area contributed by atoms with Crippen molar-refractivity contribution in [2.24, 2.45) is 14.1 Å². The molecule has 3 aromatic rings. The molecule has 1 atom stereocenters. The van der Waals surface area contributed by atoms with E-state index in [9.17, 15) is 14.4 Å². The van der Waals surface area contributed by atoms with Crippen molar-refractivity contribution in [2.75, 3.05) is 12.0 Å². The predicted octanol–water partition coefficient (Wildman–Crippen LogP) is 0.281. The zero-order chi connectivity index (χ0) is 20.7. The first-order valence-electron chi connectivity index (χ1n) is 9.39. The molecule has 2 aromatic carbocycles. The molecule has 1 aromatic heterocycles. The zero-order valence-electron chi connectivity index (χ0n) is 16.6. The van der Waals surface area contributed by atoms with E-state index >= 15 is 0 Å². The molecular weight excluding hydrogens is 372 g/mol. The number of benzene rings is 2. The number of imide groups is 1. The van der Waals surface area contributed by atoms with Gasteiger partial charge < -0.3 is 10.1 Å². The third-order valence-corrected chi connectivity index (χ3v) is 5.49. The van der Waals surface area contributed by atoms with Crippen molar-refractivity contribution < 1.29 is 19.6 Å². The van der Waals surface area contributed by atoms with Gasteiger partial charge >= 0.3 is 5.69 Å². The Hall–Kier alpha value is -3.39. The van der Waals surface area contributed by atoms with E-state index < -0.39 is 6.04 Å². The highest BCUT2D eigenvalue weighted by atomic mass is 16.5. The molecule has 1 saturated heterocycles. The van der Waals surface area contributed by atoms with E-state index in [0.29, 0.717) is 18.0 Å². The summed E-state index contributed by atoms with van der Waals surface area (Å²) in [5.74, 6) is 0.248. The minimum absolute atomic E-state index is 0.0761. The highest BCUT2D eigenvalue weighted by molar-refractivity contribution is 6.21. The lowest BCUT2D eigenvalue weighted by Crippen LogP contribution is -2.90. The topological polar surface area (TPSA) is 90.2 Å². The van der Waals surface area contributed by atoms with Crippen LogP contribution in [0.4, 0.5) is 5.69 Å².